The third-order valence-corrected chi connectivity index (χ3v) is 4.72. The first kappa shape index (κ1) is 11.1. The second-order valence-electron chi connectivity index (χ2n) is 3.95. The van der Waals surface area contributed by atoms with E-state index in [0.29, 0.717) is 5.69 Å². The Kier molecular flexibility index (Phi) is 3.07. The van der Waals surface area contributed by atoms with E-state index in [1.807, 2.05) is 27.7 Å². The van der Waals surface area contributed by atoms with Crippen LogP contribution in [0, 0.1) is 0 Å². The first-order chi connectivity index (χ1) is 8.40. The lowest BCUT2D eigenvalue weighted by Crippen LogP contribution is -2.26. The van der Waals surface area contributed by atoms with Gasteiger partial charge in [-0.2, -0.15) is 11.8 Å². The molecule has 0 N–H and O–H groups in total. The molecule has 90 valence electrons. The molecule has 4 nitrogen and oxygen atoms in total. The number of thioether (sulfide) groups is 1. The Morgan fingerprint density at radius 2 is 2.29 bits per heavy atom. The molecule has 1 aliphatic rings. The number of hydrogen-bond acceptors (Lipinski definition) is 5. The van der Waals surface area contributed by atoms with E-state index < -0.39 is 0 Å². The monoisotopic (exact) mass is 267 g/mol. The van der Waals surface area contributed by atoms with Gasteiger partial charge in [0.25, 0.3) is 0 Å². The molecule has 0 amide bonds. The molecule has 0 bridgehead atoms. The van der Waals surface area contributed by atoms with Crippen LogP contribution in [0.15, 0.2) is 11.6 Å². The Labute approximate surface area is 108 Å². The highest BCUT2D eigenvalue weighted by molar-refractivity contribution is 7.99. The van der Waals surface area contributed by atoms with Crippen LogP contribution in [0.5, 0.6) is 0 Å². The molecule has 3 heterocycles. The molecule has 1 saturated heterocycles. The van der Waals surface area contributed by atoms with Crippen molar-refractivity contribution in [2.45, 2.75) is 6.42 Å². The summed E-state index contributed by atoms with van der Waals surface area (Å²) in [7, 11) is 0. The lowest BCUT2D eigenvalue weighted by molar-refractivity contribution is 0.111. The van der Waals surface area contributed by atoms with E-state index in [4.69, 9.17) is 0 Å². The summed E-state index contributed by atoms with van der Waals surface area (Å²) in [6.45, 7) is 1.98. The fraction of sp³-hybridized carbons (Fsp3) is 0.455. The lowest BCUT2D eigenvalue weighted by atomic mass is 10.3. The average molecular weight is 267 g/mol. The number of carbonyl (C=O) groups excluding carboxylic acids is 1. The number of hydrogen-bond donors (Lipinski definition) is 0. The fourth-order valence-corrected chi connectivity index (χ4v) is 3.70. The van der Waals surface area contributed by atoms with Crippen molar-refractivity contribution in [3.8, 4) is 0 Å². The zero-order chi connectivity index (χ0) is 11.7. The molecule has 3 rings (SSSR count). The van der Waals surface area contributed by atoms with Crippen LogP contribution in [-0.4, -0.2) is 40.3 Å². The van der Waals surface area contributed by atoms with Crippen LogP contribution in [0.3, 0.4) is 0 Å². The molecule has 0 saturated carbocycles. The van der Waals surface area contributed by atoms with Gasteiger partial charge in [0, 0.05) is 30.4 Å². The normalized spacial score (nSPS) is 17.3. The molecule has 0 atom stereocenters. The van der Waals surface area contributed by atoms with Gasteiger partial charge in [-0.05, 0) is 12.2 Å². The van der Waals surface area contributed by atoms with Crippen molar-refractivity contribution in [3.63, 3.8) is 0 Å². The Morgan fingerprint density at radius 1 is 1.35 bits per heavy atom. The summed E-state index contributed by atoms with van der Waals surface area (Å²) in [6.07, 6.45) is 3.99. The van der Waals surface area contributed by atoms with Gasteiger partial charge in [0.1, 0.15) is 5.69 Å². The van der Waals surface area contributed by atoms with Crippen molar-refractivity contribution in [2.75, 3.05) is 29.5 Å². The highest BCUT2D eigenvalue weighted by Gasteiger charge is 2.19. The largest absolute Gasteiger partial charge is 0.354 e. The van der Waals surface area contributed by atoms with E-state index >= 15 is 0 Å². The molecule has 0 radical (unpaired) electrons. The SMILES string of the molecule is O=Cc1c(N2CCCSCC2)nc2sccn12. The molecule has 1 aliphatic heterocycles. The van der Waals surface area contributed by atoms with Crippen LogP contribution in [0.4, 0.5) is 5.82 Å². The molecule has 2 aromatic heterocycles. The van der Waals surface area contributed by atoms with E-state index in [9.17, 15) is 4.79 Å². The van der Waals surface area contributed by atoms with Gasteiger partial charge < -0.3 is 4.90 Å². The molecule has 0 aliphatic carbocycles. The molecule has 2 aromatic rings. The summed E-state index contributed by atoms with van der Waals surface area (Å²) < 4.78 is 1.88. The Bertz CT molecular complexity index is 526. The first-order valence-corrected chi connectivity index (χ1v) is 7.67. The maximum Gasteiger partial charge on any atom is 0.196 e. The van der Waals surface area contributed by atoms with Gasteiger partial charge in [-0.25, -0.2) is 4.98 Å². The average Bonchev–Trinajstić information content (AvgIpc) is 2.80. The Morgan fingerprint density at radius 3 is 3.18 bits per heavy atom. The molecule has 0 aromatic carbocycles. The van der Waals surface area contributed by atoms with Crippen molar-refractivity contribution in [3.05, 3.63) is 17.3 Å². The molecule has 17 heavy (non-hydrogen) atoms. The fourth-order valence-electron chi connectivity index (χ4n) is 2.09. The number of anilines is 1. The van der Waals surface area contributed by atoms with Crippen LogP contribution in [0.25, 0.3) is 4.96 Å². The van der Waals surface area contributed by atoms with E-state index in [-0.39, 0.29) is 0 Å². The van der Waals surface area contributed by atoms with Crippen LogP contribution >= 0.6 is 23.1 Å². The Balaban J connectivity index is 2.02. The highest BCUT2D eigenvalue weighted by atomic mass is 32.2. The number of aldehydes is 1. The van der Waals surface area contributed by atoms with Crippen molar-refractivity contribution in [1.29, 1.82) is 0 Å². The number of rotatable bonds is 2. The molecular formula is C11H13N3OS2. The summed E-state index contributed by atoms with van der Waals surface area (Å²) in [5, 5.41) is 1.96. The second kappa shape index (κ2) is 4.70. The van der Waals surface area contributed by atoms with Crippen molar-refractivity contribution in [2.24, 2.45) is 0 Å². The first-order valence-electron chi connectivity index (χ1n) is 5.63. The Hall–Kier alpha value is -1.01. The van der Waals surface area contributed by atoms with Gasteiger partial charge in [0.2, 0.25) is 0 Å². The molecule has 0 spiro atoms. The van der Waals surface area contributed by atoms with Crippen LogP contribution in [-0.2, 0) is 0 Å². The summed E-state index contributed by atoms with van der Waals surface area (Å²) in [5.74, 6) is 3.17. The summed E-state index contributed by atoms with van der Waals surface area (Å²) in [4.78, 5) is 19.0. The van der Waals surface area contributed by atoms with E-state index in [2.05, 4.69) is 9.88 Å². The zero-order valence-corrected chi connectivity index (χ0v) is 11.0. The molecule has 0 unspecified atom stereocenters. The van der Waals surface area contributed by atoms with Crippen molar-refractivity contribution < 1.29 is 4.79 Å². The standard InChI is InChI=1S/C11H13N3OS2/c15-8-9-10(12-11-14(9)4-7-17-11)13-2-1-5-16-6-3-13/h4,7-8H,1-3,5-6H2. The topological polar surface area (TPSA) is 37.6 Å². The second-order valence-corrected chi connectivity index (χ2v) is 6.04. The van der Waals surface area contributed by atoms with Gasteiger partial charge in [-0.3, -0.25) is 9.20 Å². The van der Waals surface area contributed by atoms with E-state index in [0.717, 1.165) is 42.3 Å². The van der Waals surface area contributed by atoms with Crippen LogP contribution in [0.1, 0.15) is 16.9 Å². The number of nitrogens with zero attached hydrogens (tertiary/aromatic N) is 3. The van der Waals surface area contributed by atoms with Gasteiger partial charge >= 0.3 is 0 Å². The highest BCUT2D eigenvalue weighted by Crippen LogP contribution is 2.25. The third-order valence-electron chi connectivity index (χ3n) is 2.91. The van der Waals surface area contributed by atoms with Crippen molar-refractivity contribution >= 4 is 40.2 Å². The maximum absolute atomic E-state index is 11.2. The smallest absolute Gasteiger partial charge is 0.196 e. The number of carbonyl (C=O) groups is 1. The molecule has 6 heteroatoms. The van der Waals surface area contributed by atoms with Gasteiger partial charge in [-0.15, -0.1) is 11.3 Å². The summed E-state index contributed by atoms with van der Waals surface area (Å²) in [6, 6.07) is 0. The van der Waals surface area contributed by atoms with E-state index in [1.165, 1.54) is 5.75 Å². The maximum atomic E-state index is 11.2. The zero-order valence-electron chi connectivity index (χ0n) is 9.33. The third kappa shape index (κ3) is 1.95. The summed E-state index contributed by atoms with van der Waals surface area (Å²) in [5.41, 5.74) is 0.688. The van der Waals surface area contributed by atoms with Crippen molar-refractivity contribution in [1.82, 2.24) is 9.38 Å². The number of fused-ring (bicyclic) bond motifs is 1. The van der Waals surface area contributed by atoms with Crippen LogP contribution in [0.2, 0.25) is 0 Å². The van der Waals surface area contributed by atoms with Gasteiger partial charge in [-0.1, -0.05) is 0 Å². The van der Waals surface area contributed by atoms with Gasteiger partial charge in [0.15, 0.2) is 17.1 Å². The molecular weight excluding hydrogens is 254 g/mol. The predicted molar refractivity (Wildman–Crippen MR) is 72.6 cm³/mol. The van der Waals surface area contributed by atoms with E-state index in [1.54, 1.807) is 11.3 Å². The number of aromatic nitrogens is 2. The number of imidazole rings is 1. The predicted octanol–water partition coefficient (Wildman–Crippen LogP) is 2.15. The van der Waals surface area contributed by atoms with Gasteiger partial charge in [0.05, 0.1) is 0 Å². The number of thiazole rings is 1. The molecule has 1 fully saturated rings. The summed E-state index contributed by atoms with van der Waals surface area (Å²) >= 11 is 3.54. The minimum Gasteiger partial charge on any atom is -0.354 e. The lowest BCUT2D eigenvalue weighted by Gasteiger charge is -2.19. The minimum absolute atomic E-state index is 0.688. The minimum atomic E-state index is 0.688. The quantitative estimate of drug-likeness (QED) is 0.781. The van der Waals surface area contributed by atoms with Crippen LogP contribution < -0.4 is 4.90 Å².